The molecule has 3 N–H and O–H groups in total. The van der Waals surface area contributed by atoms with E-state index < -0.39 is 0 Å². The zero-order valence-electron chi connectivity index (χ0n) is 10.1. The number of methoxy groups -OCH3 is 1. The number of thioether (sulfide) groups is 1. The van der Waals surface area contributed by atoms with Crippen molar-refractivity contribution in [2.24, 2.45) is 5.84 Å². The summed E-state index contributed by atoms with van der Waals surface area (Å²) in [5.41, 5.74) is 2.22. The van der Waals surface area contributed by atoms with E-state index >= 15 is 0 Å². The van der Waals surface area contributed by atoms with Crippen LogP contribution in [0, 0.1) is 0 Å². The highest BCUT2D eigenvalue weighted by Gasteiger charge is 2.34. The van der Waals surface area contributed by atoms with Crippen LogP contribution in [0.3, 0.4) is 0 Å². The van der Waals surface area contributed by atoms with E-state index in [4.69, 9.17) is 10.6 Å². The lowest BCUT2D eigenvalue weighted by atomic mass is 10.1. The van der Waals surface area contributed by atoms with Gasteiger partial charge in [0.15, 0.2) is 0 Å². The Balaban J connectivity index is 2.72. The molecule has 1 saturated heterocycles. The number of amides is 1. The van der Waals surface area contributed by atoms with Crippen LogP contribution in [0.5, 0.6) is 0 Å². The summed E-state index contributed by atoms with van der Waals surface area (Å²) in [5, 5.41) is 0.527. The van der Waals surface area contributed by atoms with E-state index in [1.807, 2.05) is 11.8 Å². The van der Waals surface area contributed by atoms with Crippen molar-refractivity contribution in [3.63, 3.8) is 0 Å². The normalized spacial score (nSPS) is 28.8. The highest BCUT2D eigenvalue weighted by molar-refractivity contribution is 8.00. The molecule has 94 valence electrons. The Labute approximate surface area is 101 Å². The quantitative estimate of drug-likeness (QED) is 0.410. The summed E-state index contributed by atoms with van der Waals surface area (Å²) in [7, 11) is 1.60. The number of nitrogens with one attached hydrogen (secondary N) is 1. The van der Waals surface area contributed by atoms with Crippen LogP contribution in [-0.4, -0.2) is 54.2 Å². The molecule has 0 aliphatic carbocycles. The number of carbonyl (C=O) groups is 1. The topological polar surface area (TPSA) is 67.6 Å². The molecule has 3 atom stereocenters. The van der Waals surface area contributed by atoms with E-state index in [1.165, 1.54) is 0 Å². The number of hydrazine groups is 1. The molecule has 0 aromatic carbocycles. The molecule has 0 radical (unpaired) electrons. The van der Waals surface area contributed by atoms with E-state index in [0.29, 0.717) is 17.9 Å². The lowest BCUT2D eigenvalue weighted by molar-refractivity contribution is -0.129. The lowest BCUT2D eigenvalue weighted by Crippen LogP contribution is -2.58. The second-order valence-electron chi connectivity index (χ2n) is 4.03. The summed E-state index contributed by atoms with van der Waals surface area (Å²) in [4.78, 5) is 13.9. The van der Waals surface area contributed by atoms with Crippen LogP contribution in [-0.2, 0) is 9.53 Å². The Kier molecular flexibility index (Phi) is 5.54. The van der Waals surface area contributed by atoms with Gasteiger partial charge in [-0.2, -0.15) is 11.8 Å². The molecule has 6 heteroatoms. The van der Waals surface area contributed by atoms with Crippen molar-refractivity contribution >= 4 is 17.7 Å². The summed E-state index contributed by atoms with van der Waals surface area (Å²) in [6.45, 7) is 5.61. The second kappa shape index (κ2) is 6.44. The maximum atomic E-state index is 11.7. The Morgan fingerprint density at radius 3 is 2.94 bits per heavy atom. The van der Waals surface area contributed by atoms with Gasteiger partial charge in [-0.25, -0.2) is 5.84 Å². The van der Waals surface area contributed by atoms with Crippen LogP contribution in [0.25, 0.3) is 0 Å². The van der Waals surface area contributed by atoms with Crippen molar-refractivity contribution in [1.29, 1.82) is 0 Å². The van der Waals surface area contributed by atoms with Crippen molar-refractivity contribution in [1.82, 2.24) is 10.3 Å². The Morgan fingerprint density at radius 1 is 1.69 bits per heavy atom. The van der Waals surface area contributed by atoms with E-state index in [9.17, 15) is 4.79 Å². The van der Waals surface area contributed by atoms with Crippen LogP contribution >= 0.6 is 11.8 Å². The van der Waals surface area contributed by atoms with Crippen molar-refractivity contribution in [3.05, 3.63) is 0 Å². The first-order valence-corrected chi connectivity index (χ1v) is 6.53. The minimum atomic E-state index is -0.284. The number of hydrogen-bond donors (Lipinski definition) is 2. The standard InChI is InChI=1S/C10H21N3O2S/c1-7-8(2)16-5-4-13(7)9(6-15-3)10(14)12-11/h7-9H,4-6,11H2,1-3H3,(H,12,14). The first kappa shape index (κ1) is 13.8. The lowest BCUT2D eigenvalue weighted by Gasteiger charge is -2.41. The summed E-state index contributed by atoms with van der Waals surface area (Å²) < 4.78 is 5.10. The van der Waals surface area contributed by atoms with Gasteiger partial charge in [-0.1, -0.05) is 6.92 Å². The Bertz CT molecular complexity index is 240. The molecule has 5 nitrogen and oxygen atoms in total. The van der Waals surface area contributed by atoms with Gasteiger partial charge in [0.1, 0.15) is 6.04 Å². The zero-order valence-corrected chi connectivity index (χ0v) is 10.9. The minimum Gasteiger partial charge on any atom is -0.383 e. The fourth-order valence-electron chi connectivity index (χ4n) is 1.97. The number of ether oxygens (including phenoxy) is 1. The molecule has 1 aliphatic heterocycles. The van der Waals surface area contributed by atoms with Gasteiger partial charge in [0, 0.05) is 30.7 Å². The molecule has 16 heavy (non-hydrogen) atoms. The zero-order chi connectivity index (χ0) is 12.1. The first-order chi connectivity index (χ1) is 7.61. The van der Waals surface area contributed by atoms with Gasteiger partial charge in [-0.3, -0.25) is 15.1 Å². The highest BCUT2D eigenvalue weighted by Crippen LogP contribution is 2.25. The molecule has 0 spiro atoms. The van der Waals surface area contributed by atoms with Crippen LogP contribution in [0.15, 0.2) is 0 Å². The molecule has 1 heterocycles. The van der Waals surface area contributed by atoms with Crippen LogP contribution in [0.1, 0.15) is 13.8 Å². The van der Waals surface area contributed by atoms with Gasteiger partial charge < -0.3 is 4.74 Å². The van der Waals surface area contributed by atoms with E-state index in [1.54, 1.807) is 7.11 Å². The molecule has 0 aromatic rings. The third kappa shape index (κ3) is 3.10. The third-order valence-corrected chi connectivity index (χ3v) is 4.44. The molecule has 3 unspecified atom stereocenters. The predicted octanol–water partition coefficient (Wildman–Crippen LogP) is -0.183. The fourth-order valence-corrected chi connectivity index (χ4v) is 3.10. The SMILES string of the molecule is COCC(C(=O)NN)N1CCSC(C)C1C. The molecule has 1 aliphatic rings. The maximum Gasteiger partial charge on any atom is 0.253 e. The molecule has 1 fully saturated rings. The number of rotatable bonds is 4. The van der Waals surface area contributed by atoms with Crippen LogP contribution < -0.4 is 11.3 Å². The van der Waals surface area contributed by atoms with E-state index in [2.05, 4.69) is 24.2 Å². The van der Waals surface area contributed by atoms with E-state index in [0.717, 1.165) is 12.3 Å². The maximum absolute atomic E-state index is 11.7. The van der Waals surface area contributed by atoms with Gasteiger partial charge in [0.05, 0.1) is 6.61 Å². The van der Waals surface area contributed by atoms with Crippen LogP contribution in [0.2, 0.25) is 0 Å². The van der Waals surface area contributed by atoms with Gasteiger partial charge in [0.25, 0.3) is 5.91 Å². The Hall–Kier alpha value is -0.300. The average Bonchev–Trinajstić information content (AvgIpc) is 2.29. The van der Waals surface area contributed by atoms with Crippen molar-refractivity contribution in [2.45, 2.75) is 31.2 Å². The summed E-state index contributed by atoms with van der Waals surface area (Å²) in [5.74, 6) is 6.07. The highest BCUT2D eigenvalue weighted by atomic mass is 32.2. The summed E-state index contributed by atoms with van der Waals surface area (Å²) in [6.07, 6.45) is 0. The van der Waals surface area contributed by atoms with Gasteiger partial charge in [-0.05, 0) is 6.92 Å². The molecule has 1 rings (SSSR count). The minimum absolute atomic E-state index is 0.173. The van der Waals surface area contributed by atoms with Gasteiger partial charge in [-0.15, -0.1) is 0 Å². The molecule has 1 amide bonds. The molecular weight excluding hydrogens is 226 g/mol. The van der Waals surface area contributed by atoms with E-state index in [-0.39, 0.29) is 11.9 Å². The van der Waals surface area contributed by atoms with Crippen molar-refractivity contribution in [3.8, 4) is 0 Å². The number of hydrogen-bond acceptors (Lipinski definition) is 5. The largest absolute Gasteiger partial charge is 0.383 e. The summed E-state index contributed by atoms with van der Waals surface area (Å²) >= 11 is 1.94. The van der Waals surface area contributed by atoms with Crippen molar-refractivity contribution in [2.75, 3.05) is 26.0 Å². The summed E-state index contributed by atoms with van der Waals surface area (Å²) in [6, 6.07) is 0.0737. The van der Waals surface area contributed by atoms with Gasteiger partial charge in [0.2, 0.25) is 0 Å². The number of carbonyl (C=O) groups excluding carboxylic acids is 1. The molecular formula is C10H21N3O2S. The fraction of sp³-hybridized carbons (Fsp3) is 0.900. The third-order valence-electron chi connectivity index (χ3n) is 3.10. The first-order valence-electron chi connectivity index (χ1n) is 5.48. The van der Waals surface area contributed by atoms with Crippen LogP contribution in [0.4, 0.5) is 0 Å². The Morgan fingerprint density at radius 2 is 2.38 bits per heavy atom. The monoisotopic (exact) mass is 247 g/mol. The van der Waals surface area contributed by atoms with Crippen molar-refractivity contribution < 1.29 is 9.53 Å². The molecule has 0 saturated carbocycles. The predicted molar refractivity (Wildman–Crippen MR) is 66.1 cm³/mol. The average molecular weight is 247 g/mol. The molecule has 0 aromatic heterocycles. The smallest absolute Gasteiger partial charge is 0.253 e. The second-order valence-corrected chi connectivity index (χ2v) is 5.52. The van der Waals surface area contributed by atoms with Gasteiger partial charge >= 0.3 is 0 Å². The number of nitrogens with zero attached hydrogens (tertiary/aromatic N) is 1. The molecule has 0 bridgehead atoms. The number of nitrogens with two attached hydrogens (primary N) is 1.